The van der Waals surface area contributed by atoms with Crippen molar-refractivity contribution >= 4 is 39.1 Å². The van der Waals surface area contributed by atoms with E-state index in [0.29, 0.717) is 37.2 Å². The first-order valence-corrected chi connectivity index (χ1v) is 15.3. The number of ether oxygens (including phenoxy) is 2. The van der Waals surface area contributed by atoms with Gasteiger partial charge in [-0.05, 0) is 55.2 Å². The van der Waals surface area contributed by atoms with E-state index in [-0.39, 0.29) is 47.1 Å². The molecule has 0 aromatic heterocycles. The Morgan fingerprint density at radius 3 is 2.59 bits per heavy atom. The Balaban J connectivity index is 1.31. The normalized spacial score (nSPS) is 19.1. The molecule has 2 heterocycles. The SMILES string of the molecule is COc1ccc(Cl)cc1S(=O)(=O)N1CCC[C@H](C(=O)N2C[C@@H](C(=O)NCCc3ccccc3)Oc3ccccc32)C1. The second-order valence-electron chi connectivity index (χ2n) is 10.0. The summed E-state index contributed by atoms with van der Waals surface area (Å²) in [5, 5.41) is 3.19. The van der Waals surface area contributed by atoms with Gasteiger partial charge in [-0.15, -0.1) is 0 Å². The number of halogens is 1. The van der Waals surface area contributed by atoms with Gasteiger partial charge in [-0.2, -0.15) is 4.31 Å². The first kappa shape index (κ1) is 28.9. The Bertz CT molecular complexity index is 1520. The van der Waals surface area contributed by atoms with Gasteiger partial charge in [0.1, 0.15) is 16.4 Å². The zero-order valence-electron chi connectivity index (χ0n) is 22.7. The summed E-state index contributed by atoms with van der Waals surface area (Å²) >= 11 is 6.11. The third kappa shape index (κ3) is 6.34. The number of hydrogen-bond donors (Lipinski definition) is 1. The maximum absolute atomic E-state index is 13.9. The number of methoxy groups -OCH3 is 1. The minimum absolute atomic E-state index is 0.00426. The maximum atomic E-state index is 13.9. The van der Waals surface area contributed by atoms with Crippen molar-refractivity contribution in [2.45, 2.75) is 30.3 Å². The van der Waals surface area contributed by atoms with Crippen molar-refractivity contribution in [1.82, 2.24) is 9.62 Å². The molecule has 11 heteroatoms. The first-order chi connectivity index (χ1) is 19.8. The summed E-state index contributed by atoms with van der Waals surface area (Å²) in [4.78, 5) is 28.5. The van der Waals surface area contributed by atoms with Gasteiger partial charge in [0.05, 0.1) is 25.3 Å². The third-order valence-electron chi connectivity index (χ3n) is 7.36. The van der Waals surface area contributed by atoms with Crippen molar-refractivity contribution in [3.8, 4) is 11.5 Å². The maximum Gasteiger partial charge on any atom is 0.262 e. The lowest BCUT2D eigenvalue weighted by atomic mass is 9.97. The standard InChI is InChI=1S/C30H32ClN3O6S/c1-39-26-14-13-23(31)18-28(26)41(37,38)33-17-7-10-22(19-33)30(36)34-20-27(40-25-12-6-5-11-24(25)34)29(35)32-16-15-21-8-3-2-4-9-21/h2-6,8-9,11-14,18,22,27H,7,10,15-17,19-20H2,1H3,(H,32,35)/t22-,27-/m0/s1. The van der Waals surface area contributed by atoms with Crippen LogP contribution in [0.3, 0.4) is 0 Å². The highest BCUT2D eigenvalue weighted by atomic mass is 35.5. The number of nitrogens with zero attached hydrogens (tertiary/aromatic N) is 2. The van der Waals surface area contributed by atoms with Crippen LogP contribution >= 0.6 is 11.6 Å². The van der Waals surface area contributed by atoms with Gasteiger partial charge in [-0.3, -0.25) is 9.59 Å². The van der Waals surface area contributed by atoms with Crippen LogP contribution in [0.5, 0.6) is 11.5 Å². The van der Waals surface area contributed by atoms with E-state index in [9.17, 15) is 18.0 Å². The second-order valence-corrected chi connectivity index (χ2v) is 12.4. The van der Waals surface area contributed by atoms with E-state index in [0.717, 1.165) is 5.56 Å². The molecule has 1 saturated heterocycles. The average molecular weight is 598 g/mol. The van der Waals surface area contributed by atoms with Crippen molar-refractivity contribution in [3.63, 3.8) is 0 Å². The largest absolute Gasteiger partial charge is 0.495 e. The molecule has 0 bridgehead atoms. The van der Waals surface area contributed by atoms with Crippen LogP contribution in [0.2, 0.25) is 5.02 Å². The molecule has 0 radical (unpaired) electrons. The van der Waals surface area contributed by atoms with Crippen molar-refractivity contribution in [2.75, 3.05) is 38.2 Å². The molecule has 2 aliphatic rings. The zero-order chi connectivity index (χ0) is 29.0. The minimum atomic E-state index is -3.98. The van der Waals surface area contributed by atoms with E-state index in [1.54, 1.807) is 35.2 Å². The highest BCUT2D eigenvalue weighted by Crippen LogP contribution is 2.36. The van der Waals surface area contributed by atoms with E-state index >= 15 is 0 Å². The number of benzene rings is 3. The number of amides is 2. The number of carbonyl (C=O) groups is 2. The molecule has 3 aromatic rings. The van der Waals surface area contributed by atoms with E-state index in [4.69, 9.17) is 21.1 Å². The molecule has 216 valence electrons. The van der Waals surface area contributed by atoms with Gasteiger partial charge in [0.25, 0.3) is 5.91 Å². The summed E-state index contributed by atoms with van der Waals surface area (Å²) in [5.74, 6) is -0.545. The number of piperidine rings is 1. The molecule has 2 atom stereocenters. The lowest BCUT2D eigenvalue weighted by Crippen LogP contribution is -2.54. The number of hydrogen-bond acceptors (Lipinski definition) is 6. The molecule has 3 aromatic carbocycles. The van der Waals surface area contributed by atoms with Crippen LogP contribution in [0, 0.1) is 5.92 Å². The lowest BCUT2D eigenvalue weighted by Gasteiger charge is -2.38. The molecule has 1 fully saturated rings. The number of sulfonamides is 1. The van der Waals surface area contributed by atoms with E-state index in [1.165, 1.54) is 23.5 Å². The predicted molar refractivity (Wildman–Crippen MR) is 156 cm³/mol. The molecule has 41 heavy (non-hydrogen) atoms. The topological polar surface area (TPSA) is 105 Å². The van der Waals surface area contributed by atoms with Gasteiger partial charge in [-0.1, -0.05) is 54.1 Å². The van der Waals surface area contributed by atoms with E-state index in [1.807, 2.05) is 30.3 Å². The van der Waals surface area contributed by atoms with Crippen molar-refractivity contribution in [1.29, 1.82) is 0 Å². The Kier molecular flexibility index (Phi) is 8.82. The number of rotatable bonds is 8. The fraction of sp³-hybridized carbons (Fsp3) is 0.333. The van der Waals surface area contributed by atoms with E-state index < -0.39 is 22.0 Å². The summed E-state index contributed by atoms with van der Waals surface area (Å²) in [6.45, 7) is 0.733. The lowest BCUT2D eigenvalue weighted by molar-refractivity contribution is -0.129. The number of carbonyl (C=O) groups excluding carboxylic acids is 2. The van der Waals surface area contributed by atoms with Crippen LogP contribution < -0.4 is 19.7 Å². The quantitative estimate of drug-likeness (QED) is 0.422. The molecular weight excluding hydrogens is 566 g/mol. The minimum Gasteiger partial charge on any atom is -0.495 e. The summed E-state index contributed by atoms with van der Waals surface area (Å²) in [6.07, 6.45) is 0.796. The number of fused-ring (bicyclic) bond motifs is 1. The Hall–Kier alpha value is -3.60. The highest BCUT2D eigenvalue weighted by molar-refractivity contribution is 7.89. The molecule has 0 spiro atoms. The van der Waals surface area contributed by atoms with Gasteiger partial charge in [0, 0.05) is 24.7 Å². The van der Waals surface area contributed by atoms with Crippen LogP contribution in [-0.4, -0.2) is 63.9 Å². The van der Waals surface area contributed by atoms with Crippen LogP contribution in [0.25, 0.3) is 0 Å². The molecule has 1 N–H and O–H groups in total. The third-order valence-corrected chi connectivity index (χ3v) is 9.49. The van der Waals surface area contributed by atoms with Gasteiger partial charge < -0.3 is 19.7 Å². The molecule has 9 nitrogen and oxygen atoms in total. The number of nitrogens with one attached hydrogen (secondary N) is 1. The fourth-order valence-corrected chi connectivity index (χ4v) is 7.18. The molecule has 5 rings (SSSR count). The van der Waals surface area contributed by atoms with Gasteiger partial charge in [0.2, 0.25) is 15.9 Å². The molecular formula is C30H32ClN3O6S. The summed E-state index contributed by atoms with van der Waals surface area (Å²) in [5.41, 5.74) is 1.66. The van der Waals surface area contributed by atoms with Crippen LogP contribution in [0.4, 0.5) is 5.69 Å². The molecule has 2 aliphatic heterocycles. The van der Waals surface area contributed by atoms with E-state index in [2.05, 4.69) is 5.32 Å². The smallest absolute Gasteiger partial charge is 0.262 e. The number of para-hydroxylation sites is 2. The van der Waals surface area contributed by atoms with Crippen LogP contribution in [-0.2, 0) is 26.0 Å². The van der Waals surface area contributed by atoms with Gasteiger partial charge in [0.15, 0.2) is 6.10 Å². The average Bonchev–Trinajstić information content (AvgIpc) is 3.00. The fourth-order valence-electron chi connectivity index (χ4n) is 5.24. The molecule has 0 saturated carbocycles. The van der Waals surface area contributed by atoms with Gasteiger partial charge >= 0.3 is 0 Å². The molecule has 2 amide bonds. The van der Waals surface area contributed by atoms with Gasteiger partial charge in [-0.25, -0.2) is 8.42 Å². The number of anilines is 1. The predicted octanol–water partition coefficient (Wildman–Crippen LogP) is 3.90. The summed E-state index contributed by atoms with van der Waals surface area (Å²) < 4.78 is 39.8. The van der Waals surface area contributed by atoms with Crippen molar-refractivity contribution < 1.29 is 27.5 Å². The second kappa shape index (κ2) is 12.5. The van der Waals surface area contributed by atoms with Crippen LogP contribution in [0.15, 0.2) is 77.7 Å². The monoisotopic (exact) mass is 597 g/mol. The highest BCUT2D eigenvalue weighted by Gasteiger charge is 2.40. The Morgan fingerprint density at radius 2 is 1.80 bits per heavy atom. The summed E-state index contributed by atoms with van der Waals surface area (Å²) in [6, 6.07) is 21.3. The zero-order valence-corrected chi connectivity index (χ0v) is 24.2. The van der Waals surface area contributed by atoms with Crippen LogP contribution in [0.1, 0.15) is 18.4 Å². The van der Waals surface area contributed by atoms with Crippen molar-refractivity contribution in [3.05, 3.63) is 83.4 Å². The van der Waals surface area contributed by atoms with Crippen molar-refractivity contribution in [2.24, 2.45) is 5.92 Å². The molecule has 0 aliphatic carbocycles. The Morgan fingerprint density at radius 1 is 1.05 bits per heavy atom. The Labute approximate surface area is 245 Å². The first-order valence-electron chi connectivity index (χ1n) is 13.5. The molecule has 0 unspecified atom stereocenters. The summed E-state index contributed by atoms with van der Waals surface area (Å²) in [7, 11) is -2.58.